The number of carbonyl (C=O) groups excluding carboxylic acids is 1. The zero-order valence-electron chi connectivity index (χ0n) is 11.4. The molecule has 0 aliphatic heterocycles. The Hall–Kier alpha value is -0.330. The van der Waals surface area contributed by atoms with Crippen LogP contribution in [0.15, 0.2) is 0 Å². The molecule has 98 valence electrons. The van der Waals surface area contributed by atoms with Gasteiger partial charge in [0.1, 0.15) is 5.78 Å². The van der Waals surface area contributed by atoms with E-state index in [2.05, 4.69) is 6.92 Å². The molecule has 0 spiro atoms. The second-order valence-corrected chi connectivity index (χ2v) is 6.38. The first-order chi connectivity index (χ1) is 8.27. The van der Waals surface area contributed by atoms with Gasteiger partial charge >= 0.3 is 0 Å². The average Bonchev–Trinajstić information content (AvgIpc) is 2.40. The predicted octanol–water partition coefficient (Wildman–Crippen LogP) is 4.74. The molecule has 17 heavy (non-hydrogen) atoms. The lowest BCUT2D eigenvalue weighted by atomic mass is 9.76. The summed E-state index contributed by atoms with van der Waals surface area (Å²) in [6.07, 6.45) is 14.1. The molecule has 2 fully saturated rings. The number of Topliss-reactive ketones (excluding diaryl/α,β-unsaturated/α-hetero) is 1. The normalized spacial score (nSPS) is 25.7. The van der Waals surface area contributed by atoms with Gasteiger partial charge in [-0.15, -0.1) is 0 Å². The Morgan fingerprint density at radius 2 is 1.47 bits per heavy atom. The minimum absolute atomic E-state index is 0.426. The maximum atomic E-state index is 12.3. The third kappa shape index (κ3) is 3.82. The van der Waals surface area contributed by atoms with Crippen LogP contribution in [0.5, 0.6) is 0 Å². The van der Waals surface area contributed by atoms with Gasteiger partial charge in [0.2, 0.25) is 0 Å². The van der Waals surface area contributed by atoms with Crippen LogP contribution >= 0.6 is 0 Å². The number of hydrogen-bond acceptors (Lipinski definition) is 1. The summed E-state index contributed by atoms with van der Waals surface area (Å²) in [7, 11) is 0. The van der Waals surface area contributed by atoms with E-state index < -0.39 is 0 Å². The van der Waals surface area contributed by atoms with Gasteiger partial charge < -0.3 is 0 Å². The van der Waals surface area contributed by atoms with Crippen molar-refractivity contribution in [3.8, 4) is 0 Å². The van der Waals surface area contributed by atoms with Crippen molar-refractivity contribution in [2.75, 3.05) is 0 Å². The van der Waals surface area contributed by atoms with Crippen LogP contribution in [0.4, 0.5) is 0 Å². The van der Waals surface area contributed by atoms with Gasteiger partial charge in [0.15, 0.2) is 0 Å². The summed E-state index contributed by atoms with van der Waals surface area (Å²) >= 11 is 0. The summed E-state index contributed by atoms with van der Waals surface area (Å²) in [6.45, 7) is 2.32. The number of carbonyl (C=O) groups is 1. The lowest BCUT2D eigenvalue weighted by molar-refractivity contribution is -0.125. The third-order valence-electron chi connectivity index (χ3n) is 5.04. The Kier molecular flexibility index (Phi) is 5.06. The fraction of sp³-hybridized carbons (Fsp3) is 0.938. The molecular formula is C16H28O. The molecule has 0 bridgehead atoms. The number of hydrogen-bond donors (Lipinski definition) is 0. The highest BCUT2D eigenvalue weighted by molar-refractivity contribution is 5.81. The highest BCUT2D eigenvalue weighted by atomic mass is 16.1. The van der Waals surface area contributed by atoms with Crippen molar-refractivity contribution in [2.24, 2.45) is 17.8 Å². The van der Waals surface area contributed by atoms with E-state index in [4.69, 9.17) is 0 Å². The molecule has 1 nitrogen and oxygen atoms in total. The molecule has 1 atom stereocenters. The summed E-state index contributed by atoms with van der Waals surface area (Å²) in [4.78, 5) is 12.3. The Morgan fingerprint density at radius 3 is 2.06 bits per heavy atom. The van der Waals surface area contributed by atoms with Crippen LogP contribution in [-0.4, -0.2) is 5.78 Å². The van der Waals surface area contributed by atoms with Gasteiger partial charge in [0.25, 0.3) is 0 Å². The molecular weight excluding hydrogens is 208 g/mol. The van der Waals surface area contributed by atoms with Crippen LogP contribution in [0.3, 0.4) is 0 Å². The van der Waals surface area contributed by atoms with Gasteiger partial charge in [-0.25, -0.2) is 0 Å². The fourth-order valence-corrected chi connectivity index (χ4v) is 3.78. The van der Waals surface area contributed by atoms with Gasteiger partial charge in [0.05, 0.1) is 0 Å². The van der Waals surface area contributed by atoms with Gasteiger partial charge in [0, 0.05) is 12.3 Å². The highest BCUT2D eigenvalue weighted by Gasteiger charge is 2.26. The molecule has 1 heteroatoms. The molecule has 2 saturated carbocycles. The highest BCUT2D eigenvalue weighted by Crippen LogP contribution is 2.33. The first-order valence-corrected chi connectivity index (χ1v) is 7.80. The number of ketones is 1. The van der Waals surface area contributed by atoms with Crippen molar-refractivity contribution in [1.82, 2.24) is 0 Å². The first-order valence-electron chi connectivity index (χ1n) is 7.80. The molecule has 0 heterocycles. The first kappa shape index (κ1) is 13.1. The van der Waals surface area contributed by atoms with Crippen molar-refractivity contribution in [2.45, 2.75) is 77.6 Å². The van der Waals surface area contributed by atoms with Crippen LogP contribution < -0.4 is 0 Å². The molecule has 0 radical (unpaired) electrons. The molecule has 0 aromatic carbocycles. The summed E-state index contributed by atoms with van der Waals surface area (Å²) in [5, 5.41) is 0. The lowest BCUT2D eigenvalue weighted by Crippen LogP contribution is -2.24. The van der Waals surface area contributed by atoms with Crippen molar-refractivity contribution in [3.63, 3.8) is 0 Å². The minimum Gasteiger partial charge on any atom is -0.299 e. The molecule has 2 rings (SSSR count). The van der Waals surface area contributed by atoms with Crippen LogP contribution in [0.2, 0.25) is 0 Å². The minimum atomic E-state index is 0.426. The molecule has 2 aliphatic carbocycles. The predicted molar refractivity (Wildman–Crippen MR) is 71.9 cm³/mol. The second-order valence-electron chi connectivity index (χ2n) is 6.38. The average molecular weight is 236 g/mol. The zero-order chi connectivity index (χ0) is 12.1. The maximum Gasteiger partial charge on any atom is 0.136 e. The van der Waals surface area contributed by atoms with Gasteiger partial charge in [-0.05, 0) is 24.7 Å². The second kappa shape index (κ2) is 6.56. The topological polar surface area (TPSA) is 17.1 Å². The third-order valence-corrected chi connectivity index (χ3v) is 5.04. The molecule has 1 unspecified atom stereocenters. The lowest BCUT2D eigenvalue weighted by Gasteiger charge is -2.29. The Bertz CT molecular complexity index is 234. The molecule has 0 aromatic rings. The van der Waals surface area contributed by atoms with E-state index in [1.54, 1.807) is 0 Å². The van der Waals surface area contributed by atoms with Crippen molar-refractivity contribution < 1.29 is 4.79 Å². The van der Waals surface area contributed by atoms with Gasteiger partial charge in [-0.1, -0.05) is 58.3 Å². The standard InChI is InChI=1S/C16H28O/c1-13(14-8-4-2-5-9-14)12-16(17)15-10-6-3-7-11-15/h13-15H,2-12H2,1H3. The summed E-state index contributed by atoms with van der Waals surface area (Å²) < 4.78 is 0. The van der Waals surface area contributed by atoms with E-state index >= 15 is 0 Å². The Morgan fingerprint density at radius 1 is 0.941 bits per heavy atom. The molecule has 0 aromatic heterocycles. The van der Waals surface area contributed by atoms with Crippen LogP contribution in [0.1, 0.15) is 77.6 Å². The maximum absolute atomic E-state index is 12.3. The smallest absolute Gasteiger partial charge is 0.136 e. The van der Waals surface area contributed by atoms with E-state index in [1.165, 1.54) is 64.2 Å². The van der Waals surface area contributed by atoms with Crippen LogP contribution in [-0.2, 0) is 4.79 Å². The monoisotopic (exact) mass is 236 g/mol. The number of rotatable bonds is 4. The van der Waals surface area contributed by atoms with E-state index in [0.29, 0.717) is 17.6 Å². The summed E-state index contributed by atoms with van der Waals surface area (Å²) in [5.41, 5.74) is 0. The van der Waals surface area contributed by atoms with Crippen LogP contribution in [0.25, 0.3) is 0 Å². The molecule has 2 aliphatic rings. The molecule has 0 N–H and O–H groups in total. The summed E-state index contributed by atoms with van der Waals surface area (Å²) in [6, 6.07) is 0. The summed E-state index contributed by atoms with van der Waals surface area (Å²) in [5.74, 6) is 2.50. The van der Waals surface area contributed by atoms with E-state index in [-0.39, 0.29) is 0 Å². The van der Waals surface area contributed by atoms with Crippen molar-refractivity contribution >= 4 is 5.78 Å². The van der Waals surface area contributed by atoms with Gasteiger partial charge in [-0.2, -0.15) is 0 Å². The molecule has 0 amide bonds. The fourth-order valence-electron chi connectivity index (χ4n) is 3.78. The van der Waals surface area contributed by atoms with Crippen molar-refractivity contribution in [1.29, 1.82) is 0 Å². The SMILES string of the molecule is CC(CC(=O)C1CCCCC1)C1CCCCC1. The van der Waals surface area contributed by atoms with Crippen molar-refractivity contribution in [3.05, 3.63) is 0 Å². The Labute approximate surface area is 106 Å². The zero-order valence-corrected chi connectivity index (χ0v) is 11.4. The van der Waals surface area contributed by atoms with E-state index in [1.807, 2.05) is 0 Å². The van der Waals surface area contributed by atoms with Gasteiger partial charge in [-0.3, -0.25) is 4.79 Å². The van der Waals surface area contributed by atoms with E-state index in [9.17, 15) is 4.79 Å². The quantitative estimate of drug-likeness (QED) is 0.689. The van der Waals surface area contributed by atoms with E-state index in [0.717, 1.165) is 12.3 Å². The molecule has 0 saturated heterocycles. The van der Waals surface area contributed by atoms with Crippen LogP contribution in [0, 0.1) is 17.8 Å². The largest absolute Gasteiger partial charge is 0.299 e. The Balaban J connectivity index is 1.76.